The summed E-state index contributed by atoms with van der Waals surface area (Å²) in [4.78, 5) is 4.15. The number of fused-ring (bicyclic) bond motifs is 1. The van der Waals surface area contributed by atoms with Crippen molar-refractivity contribution in [2.75, 3.05) is 13.2 Å². The molecule has 0 aliphatic carbocycles. The molecule has 5 aromatic rings. The van der Waals surface area contributed by atoms with E-state index in [1.165, 1.54) is 6.20 Å². The maximum atomic E-state index is 9.27. The van der Waals surface area contributed by atoms with Gasteiger partial charge in [0.05, 0.1) is 16.8 Å². The molecule has 0 saturated heterocycles. The Hall–Kier alpha value is -5.04. The third-order valence-electron chi connectivity index (χ3n) is 7.52. The number of pyridine rings is 1. The van der Waals surface area contributed by atoms with Crippen LogP contribution in [-0.2, 0) is 33.4 Å². The van der Waals surface area contributed by atoms with E-state index in [1.54, 1.807) is 16.9 Å². The highest BCUT2D eigenvalue weighted by Crippen LogP contribution is 2.37. The van der Waals surface area contributed by atoms with Crippen LogP contribution in [-0.4, -0.2) is 28.0 Å². The van der Waals surface area contributed by atoms with Gasteiger partial charge in [0.1, 0.15) is 44.0 Å². The SMILES string of the molecule is Cc1c(COc2cc(OCc3cncc(C#N)c3)c(CNCc3cnn(C)c3)cc2Cl)cccc1-c1ccc2c(c1)OCCO2. The van der Waals surface area contributed by atoms with Crippen molar-refractivity contribution in [2.45, 2.75) is 33.2 Å². The van der Waals surface area contributed by atoms with Crippen molar-refractivity contribution < 1.29 is 18.9 Å². The number of aryl methyl sites for hydroxylation is 1. The van der Waals surface area contributed by atoms with Crippen molar-refractivity contribution in [3.8, 4) is 40.2 Å². The summed E-state index contributed by atoms with van der Waals surface area (Å²) in [5.41, 5.74) is 7.47. The fourth-order valence-corrected chi connectivity index (χ4v) is 5.41. The van der Waals surface area contributed by atoms with Gasteiger partial charge < -0.3 is 24.3 Å². The van der Waals surface area contributed by atoms with Crippen molar-refractivity contribution >= 4 is 11.6 Å². The molecule has 9 nitrogen and oxygen atoms in total. The second kappa shape index (κ2) is 13.7. The summed E-state index contributed by atoms with van der Waals surface area (Å²) in [6, 6.07) is 19.7. The Kier molecular flexibility index (Phi) is 9.15. The molecule has 1 aliphatic rings. The van der Waals surface area contributed by atoms with Gasteiger partial charge >= 0.3 is 0 Å². The Morgan fingerprint density at radius 3 is 2.58 bits per heavy atom. The van der Waals surface area contributed by atoms with E-state index in [-0.39, 0.29) is 6.61 Å². The highest BCUT2D eigenvalue weighted by molar-refractivity contribution is 6.32. The zero-order chi connectivity index (χ0) is 31.2. The smallest absolute Gasteiger partial charge is 0.161 e. The molecule has 1 aliphatic heterocycles. The predicted molar refractivity (Wildman–Crippen MR) is 170 cm³/mol. The summed E-state index contributed by atoms with van der Waals surface area (Å²) < 4.78 is 25.8. The summed E-state index contributed by atoms with van der Waals surface area (Å²) >= 11 is 6.76. The number of rotatable bonds is 11. The fourth-order valence-electron chi connectivity index (χ4n) is 5.17. The number of benzene rings is 3. The van der Waals surface area contributed by atoms with Crippen LogP contribution >= 0.6 is 11.6 Å². The number of hydrogen-bond acceptors (Lipinski definition) is 8. The molecule has 10 heteroatoms. The van der Waals surface area contributed by atoms with Crippen molar-refractivity contribution in [2.24, 2.45) is 7.05 Å². The quantitative estimate of drug-likeness (QED) is 0.177. The lowest BCUT2D eigenvalue weighted by molar-refractivity contribution is 0.171. The molecule has 0 spiro atoms. The van der Waals surface area contributed by atoms with Gasteiger partial charge in [-0.15, -0.1) is 0 Å². The van der Waals surface area contributed by atoms with Crippen LogP contribution in [0.4, 0.5) is 0 Å². The van der Waals surface area contributed by atoms with Crippen LogP contribution in [0.2, 0.25) is 5.02 Å². The van der Waals surface area contributed by atoms with Gasteiger partial charge in [-0.3, -0.25) is 9.67 Å². The topological polar surface area (TPSA) is 103 Å². The van der Waals surface area contributed by atoms with Gasteiger partial charge in [-0.2, -0.15) is 10.4 Å². The molecule has 6 rings (SSSR count). The summed E-state index contributed by atoms with van der Waals surface area (Å²) in [7, 11) is 1.89. The highest BCUT2D eigenvalue weighted by Gasteiger charge is 2.16. The summed E-state index contributed by atoms with van der Waals surface area (Å²) in [5.74, 6) is 2.65. The second-order valence-electron chi connectivity index (χ2n) is 10.7. The van der Waals surface area contributed by atoms with E-state index in [4.69, 9.17) is 30.5 Å². The molecule has 0 saturated carbocycles. The van der Waals surface area contributed by atoms with Crippen LogP contribution in [0.25, 0.3) is 11.1 Å². The van der Waals surface area contributed by atoms with E-state index in [2.05, 4.69) is 34.5 Å². The van der Waals surface area contributed by atoms with Crippen LogP contribution < -0.4 is 24.3 Å². The minimum Gasteiger partial charge on any atom is -0.488 e. The zero-order valence-electron chi connectivity index (χ0n) is 25.0. The van der Waals surface area contributed by atoms with E-state index in [9.17, 15) is 5.26 Å². The van der Waals surface area contributed by atoms with Crippen molar-refractivity contribution in [3.05, 3.63) is 118 Å². The number of halogens is 1. The first-order valence-corrected chi connectivity index (χ1v) is 14.9. The third kappa shape index (κ3) is 7.20. The molecule has 1 N–H and O–H groups in total. The lowest BCUT2D eigenvalue weighted by Crippen LogP contribution is -2.15. The Balaban J connectivity index is 1.21. The van der Waals surface area contributed by atoms with Crippen LogP contribution in [0.15, 0.2) is 79.4 Å². The lowest BCUT2D eigenvalue weighted by Gasteiger charge is -2.20. The Labute approximate surface area is 266 Å². The number of nitrogens with one attached hydrogen (secondary N) is 1. The number of nitriles is 1. The standard InChI is InChI=1S/C35H32ClN5O4/c1-23-28(4-3-5-30(23)27-6-7-32-35(12-27)43-9-8-42-32)22-45-34-13-33(44-21-25-10-24(14-37)15-38-16-25)29(11-31(34)36)19-39-17-26-18-40-41(2)20-26/h3-7,10-13,15-16,18,20,39H,8-9,17,19,21-22H2,1-2H3. The minimum atomic E-state index is 0.232. The maximum absolute atomic E-state index is 9.27. The minimum absolute atomic E-state index is 0.232. The summed E-state index contributed by atoms with van der Waals surface area (Å²) in [6.45, 7) is 4.88. The van der Waals surface area contributed by atoms with Crippen LogP contribution in [0, 0.1) is 18.3 Å². The second-order valence-corrected chi connectivity index (χ2v) is 11.1. The van der Waals surface area contributed by atoms with E-state index in [0.29, 0.717) is 55.0 Å². The highest BCUT2D eigenvalue weighted by atomic mass is 35.5. The van der Waals surface area contributed by atoms with Crippen LogP contribution in [0.3, 0.4) is 0 Å². The molecule has 0 radical (unpaired) electrons. The molecule has 3 aromatic carbocycles. The molecule has 0 bridgehead atoms. The van der Waals surface area contributed by atoms with Gasteiger partial charge in [0, 0.05) is 61.5 Å². The zero-order valence-corrected chi connectivity index (χ0v) is 25.8. The molecule has 228 valence electrons. The molecule has 3 heterocycles. The van der Waals surface area contributed by atoms with Crippen molar-refractivity contribution in [1.29, 1.82) is 5.26 Å². The van der Waals surface area contributed by atoms with Gasteiger partial charge in [0.15, 0.2) is 11.5 Å². The van der Waals surface area contributed by atoms with Gasteiger partial charge in [-0.05, 0) is 53.4 Å². The fraction of sp³-hybridized carbons (Fsp3) is 0.229. The number of aromatic nitrogens is 3. The van der Waals surface area contributed by atoms with Gasteiger partial charge in [0.2, 0.25) is 0 Å². The average Bonchev–Trinajstić information content (AvgIpc) is 3.48. The van der Waals surface area contributed by atoms with Crippen LogP contribution in [0.5, 0.6) is 23.0 Å². The molecule has 45 heavy (non-hydrogen) atoms. The Morgan fingerprint density at radius 2 is 1.76 bits per heavy atom. The summed E-state index contributed by atoms with van der Waals surface area (Å²) in [6.07, 6.45) is 7.00. The molecule has 0 amide bonds. The van der Waals surface area contributed by atoms with E-state index in [1.807, 2.05) is 61.9 Å². The largest absolute Gasteiger partial charge is 0.488 e. The van der Waals surface area contributed by atoms with E-state index in [0.717, 1.165) is 50.4 Å². The third-order valence-corrected chi connectivity index (χ3v) is 7.81. The van der Waals surface area contributed by atoms with Gasteiger partial charge in [0.25, 0.3) is 0 Å². The van der Waals surface area contributed by atoms with Crippen LogP contribution in [0.1, 0.15) is 33.4 Å². The lowest BCUT2D eigenvalue weighted by atomic mass is 9.96. The average molecular weight is 622 g/mol. The Morgan fingerprint density at radius 1 is 0.911 bits per heavy atom. The van der Waals surface area contributed by atoms with Crippen molar-refractivity contribution in [3.63, 3.8) is 0 Å². The van der Waals surface area contributed by atoms with Crippen molar-refractivity contribution in [1.82, 2.24) is 20.1 Å². The Bertz CT molecular complexity index is 1870. The number of nitrogens with zero attached hydrogens (tertiary/aromatic N) is 4. The first-order chi connectivity index (χ1) is 22.0. The van der Waals surface area contributed by atoms with E-state index >= 15 is 0 Å². The monoisotopic (exact) mass is 621 g/mol. The molecule has 0 unspecified atom stereocenters. The number of ether oxygens (including phenoxy) is 4. The molecule has 0 atom stereocenters. The van der Waals surface area contributed by atoms with E-state index < -0.39 is 0 Å². The molecule has 0 fully saturated rings. The predicted octanol–water partition coefficient (Wildman–Crippen LogP) is 6.53. The summed E-state index contributed by atoms with van der Waals surface area (Å²) in [5, 5.41) is 17.4. The maximum Gasteiger partial charge on any atom is 0.161 e. The van der Waals surface area contributed by atoms with Gasteiger partial charge in [-0.1, -0.05) is 35.9 Å². The molecular weight excluding hydrogens is 590 g/mol. The first kappa shape index (κ1) is 30.0. The number of hydrogen-bond donors (Lipinski definition) is 1. The first-order valence-electron chi connectivity index (χ1n) is 14.6. The molecular formula is C35H32ClN5O4. The normalized spacial score (nSPS) is 12.0. The van der Waals surface area contributed by atoms with Gasteiger partial charge in [-0.25, -0.2) is 0 Å². The molecule has 2 aromatic heterocycles.